The van der Waals surface area contributed by atoms with Crippen LogP contribution in [0.1, 0.15) is 121 Å². The van der Waals surface area contributed by atoms with Gasteiger partial charge in [0.2, 0.25) is 0 Å². The van der Waals surface area contributed by atoms with Gasteiger partial charge in [-0.1, -0.05) is 66.7 Å². The second-order valence-electron chi connectivity index (χ2n) is 10.8. The molecule has 1 aliphatic rings. The van der Waals surface area contributed by atoms with Crippen molar-refractivity contribution in [1.29, 1.82) is 0 Å². The molecular formula is C33H55FO7. The van der Waals surface area contributed by atoms with Crippen molar-refractivity contribution in [3.05, 3.63) is 29.1 Å². The molecule has 0 aromatic heterocycles. The lowest BCUT2D eigenvalue weighted by atomic mass is 9.89. The van der Waals surface area contributed by atoms with E-state index in [1.807, 2.05) is 0 Å². The number of benzene rings is 1. The van der Waals surface area contributed by atoms with E-state index in [0.717, 1.165) is 64.2 Å². The number of aldehydes is 1. The van der Waals surface area contributed by atoms with E-state index in [2.05, 4.69) is 34.6 Å². The van der Waals surface area contributed by atoms with Crippen LogP contribution in [0.25, 0.3) is 0 Å². The molecule has 2 rings (SSSR count). The van der Waals surface area contributed by atoms with E-state index in [-0.39, 0.29) is 5.56 Å². The lowest BCUT2D eigenvalue weighted by molar-refractivity contribution is -0.268. The van der Waals surface area contributed by atoms with Gasteiger partial charge in [0.1, 0.15) is 42.1 Å². The van der Waals surface area contributed by atoms with Crippen LogP contribution in [0.2, 0.25) is 0 Å². The van der Waals surface area contributed by atoms with Crippen LogP contribution < -0.4 is 4.74 Å². The third-order valence-corrected chi connectivity index (χ3v) is 7.30. The van der Waals surface area contributed by atoms with Crippen LogP contribution in [0.15, 0.2) is 12.1 Å². The van der Waals surface area contributed by atoms with E-state index in [1.165, 1.54) is 6.07 Å². The number of unbranched alkanes of at least 4 members (excludes halogenated alkanes) is 5. The summed E-state index contributed by atoms with van der Waals surface area (Å²) < 4.78 is 53.4. The average Bonchev–Trinajstić information content (AvgIpc) is 2.97. The summed E-state index contributed by atoms with van der Waals surface area (Å²) in [5.74, 6) is -0.260. The smallest absolute Gasteiger partial charge is 0.153 e. The molecule has 1 heterocycles. The van der Waals surface area contributed by atoms with Crippen molar-refractivity contribution in [3.8, 4) is 5.75 Å². The molecule has 1 fully saturated rings. The fourth-order valence-corrected chi connectivity index (χ4v) is 4.76. The minimum Gasteiger partial charge on any atom is -0.493 e. The monoisotopic (exact) mass is 582 g/mol. The zero-order valence-electron chi connectivity index (χ0n) is 26.2. The molecular weight excluding hydrogens is 527 g/mol. The van der Waals surface area contributed by atoms with Gasteiger partial charge in [0, 0.05) is 38.1 Å². The Morgan fingerprint density at radius 2 is 1.27 bits per heavy atom. The van der Waals surface area contributed by atoms with Gasteiger partial charge in [-0.15, -0.1) is 0 Å². The van der Waals surface area contributed by atoms with Gasteiger partial charge in [0.05, 0.1) is 18.8 Å². The van der Waals surface area contributed by atoms with Crippen LogP contribution in [0.3, 0.4) is 0 Å². The van der Waals surface area contributed by atoms with E-state index < -0.39 is 36.3 Å². The van der Waals surface area contributed by atoms with Gasteiger partial charge in [0.25, 0.3) is 0 Å². The topological polar surface area (TPSA) is 72.5 Å². The summed E-state index contributed by atoms with van der Waals surface area (Å²) >= 11 is 0. The minimum atomic E-state index is -0.666. The Labute approximate surface area is 247 Å². The fourth-order valence-electron chi connectivity index (χ4n) is 4.76. The normalized spacial score (nSPS) is 22.6. The summed E-state index contributed by atoms with van der Waals surface area (Å²) in [6, 6.07) is 2.84. The van der Waals surface area contributed by atoms with Crippen molar-refractivity contribution in [2.24, 2.45) is 0 Å². The summed E-state index contributed by atoms with van der Waals surface area (Å²) in [6.07, 6.45) is 7.44. The zero-order valence-corrected chi connectivity index (χ0v) is 26.2. The summed E-state index contributed by atoms with van der Waals surface area (Å²) in [4.78, 5) is 11.8. The maximum Gasteiger partial charge on any atom is 0.153 e. The number of carbonyl (C=O) groups excluding carboxylic acids is 1. The zero-order chi connectivity index (χ0) is 29.9. The largest absolute Gasteiger partial charge is 0.493 e. The highest BCUT2D eigenvalue weighted by atomic mass is 19.1. The van der Waals surface area contributed by atoms with Gasteiger partial charge >= 0.3 is 0 Å². The number of carbonyl (C=O) groups is 1. The Balaban J connectivity index is 2.58. The summed E-state index contributed by atoms with van der Waals surface area (Å²) in [5.41, 5.74) is 0.542. The van der Waals surface area contributed by atoms with Crippen molar-refractivity contribution in [3.63, 3.8) is 0 Å². The Bertz CT molecular complexity index is 836. The Morgan fingerprint density at radius 1 is 0.732 bits per heavy atom. The highest BCUT2D eigenvalue weighted by Gasteiger charge is 2.49. The highest BCUT2D eigenvalue weighted by Crippen LogP contribution is 2.42. The molecule has 8 heteroatoms. The SMILES string of the molecule is CCCCOC[C@H]1OC(c2cc(C=O)c(F)cc2OCCCC)[C@H](OCCCC)C(OCCCC)[C@@H]1OCCCC. The van der Waals surface area contributed by atoms with Crippen LogP contribution in [0.5, 0.6) is 5.75 Å². The molecule has 2 unspecified atom stereocenters. The van der Waals surface area contributed by atoms with Crippen LogP contribution in [0, 0.1) is 5.82 Å². The maximum atomic E-state index is 14.8. The van der Waals surface area contributed by atoms with E-state index in [4.69, 9.17) is 28.4 Å². The first kappa shape index (κ1) is 35.6. The fraction of sp³-hybridized carbons (Fsp3) is 0.788. The maximum absolute atomic E-state index is 14.8. The lowest BCUT2D eigenvalue weighted by Crippen LogP contribution is -2.58. The first-order valence-electron chi connectivity index (χ1n) is 16.0. The van der Waals surface area contributed by atoms with Crippen molar-refractivity contribution in [2.75, 3.05) is 39.6 Å². The average molecular weight is 583 g/mol. The van der Waals surface area contributed by atoms with Crippen molar-refractivity contribution >= 4 is 6.29 Å². The first-order valence-corrected chi connectivity index (χ1v) is 16.0. The Morgan fingerprint density at radius 3 is 1.85 bits per heavy atom. The molecule has 0 radical (unpaired) electrons. The number of hydrogen-bond donors (Lipinski definition) is 0. The Kier molecular flexibility index (Phi) is 18.4. The van der Waals surface area contributed by atoms with Gasteiger partial charge in [-0.05, 0) is 38.2 Å². The summed E-state index contributed by atoms with van der Waals surface area (Å²) in [7, 11) is 0. The minimum absolute atomic E-state index is 0.0423. The molecule has 1 aliphatic heterocycles. The van der Waals surface area contributed by atoms with E-state index in [0.29, 0.717) is 57.2 Å². The molecule has 0 spiro atoms. The van der Waals surface area contributed by atoms with Crippen LogP contribution >= 0.6 is 0 Å². The second kappa shape index (κ2) is 21.2. The molecule has 0 amide bonds. The van der Waals surface area contributed by atoms with Crippen molar-refractivity contribution < 1.29 is 37.6 Å². The molecule has 0 N–H and O–H groups in total. The molecule has 0 saturated carbocycles. The number of ether oxygens (including phenoxy) is 6. The molecule has 5 atom stereocenters. The molecule has 41 heavy (non-hydrogen) atoms. The number of rotatable bonds is 23. The van der Waals surface area contributed by atoms with Gasteiger partial charge in [-0.25, -0.2) is 4.39 Å². The van der Waals surface area contributed by atoms with Crippen molar-refractivity contribution in [2.45, 2.75) is 129 Å². The van der Waals surface area contributed by atoms with Gasteiger partial charge in [-0.3, -0.25) is 4.79 Å². The van der Waals surface area contributed by atoms with E-state index >= 15 is 0 Å². The van der Waals surface area contributed by atoms with Crippen LogP contribution in [0.4, 0.5) is 4.39 Å². The molecule has 0 aliphatic carbocycles. The van der Waals surface area contributed by atoms with Crippen LogP contribution in [-0.4, -0.2) is 70.3 Å². The first-order chi connectivity index (χ1) is 20.1. The molecule has 236 valence electrons. The lowest BCUT2D eigenvalue weighted by Gasteiger charge is -2.46. The summed E-state index contributed by atoms with van der Waals surface area (Å²) in [6.45, 7) is 13.6. The van der Waals surface area contributed by atoms with Gasteiger partial charge in [-0.2, -0.15) is 0 Å². The van der Waals surface area contributed by atoms with E-state index in [9.17, 15) is 9.18 Å². The molecule has 1 saturated heterocycles. The molecule has 1 aromatic rings. The second-order valence-corrected chi connectivity index (χ2v) is 10.8. The molecule has 1 aromatic carbocycles. The van der Waals surface area contributed by atoms with Crippen molar-refractivity contribution in [1.82, 2.24) is 0 Å². The van der Waals surface area contributed by atoms with Crippen LogP contribution in [-0.2, 0) is 23.7 Å². The third-order valence-electron chi connectivity index (χ3n) is 7.30. The van der Waals surface area contributed by atoms with Gasteiger partial charge < -0.3 is 28.4 Å². The highest BCUT2D eigenvalue weighted by molar-refractivity contribution is 5.76. The third kappa shape index (κ3) is 11.6. The Hall–Kier alpha value is -1.58. The molecule has 0 bridgehead atoms. The predicted molar refractivity (Wildman–Crippen MR) is 159 cm³/mol. The number of hydrogen-bond acceptors (Lipinski definition) is 7. The van der Waals surface area contributed by atoms with Gasteiger partial charge in [0.15, 0.2) is 6.29 Å². The standard InChI is InChI=1S/C33H55FO7/c1-6-11-16-36-24-29-31(38-18-13-8-3)33(40-20-15-10-5)32(39-19-14-9-4)30(41-29)26-21-25(23-35)27(34)22-28(26)37-17-12-7-2/h21-23,29-33H,6-20,24H2,1-5H3/t29-,30?,31-,32+,33?/m1/s1. The number of halogens is 1. The van der Waals surface area contributed by atoms with E-state index in [1.54, 1.807) is 6.07 Å². The summed E-state index contributed by atoms with van der Waals surface area (Å²) in [5, 5.41) is 0. The molecule has 7 nitrogen and oxygen atoms in total. The quantitative estimate of drug-likeness (QED) is 0.0970. The predicted octanol–water partition coefficient (Wildman–Crippen LogP) is 7.63.